The standard InChI is InChI=1S/C17H24N4O/c18-17(21-9-5-1-2-6-10-21)19-12-13-11-16(22)20-15-8-4-3-7-14(13)15/h3-4,7-8,13H,1-2,5-6,9-12H2,(H2,18,19)(H,20,22). The molecule has 2 aliphatic heterocycles. The quantitative estimate of drug-likeness (QED) is 0.650. The Bertz CT molecular complexity index is 562. The first-order valence-electron chi connectivity index (χ1n) is 8.17. The number of nitrogens with two attached hydrogens (primary N) is 1. The van der Waals surface area contributed by atoms with Gasteiger partial charge in [-0.25, -0.2) is 0 Å². The van der Waals surface area contributed by atoms with Crippen molar-refractivity contribution in [3.8, 4) is 0 Å². The molecule has 118 valence electrons. The van der Waals surface area contributed by atoms with E-state index < -0.39 is 0 Å². The molecule has 0 spiro atoms. The highest BCUT2D eigenvalue weighted by Crippen LogP contribution is 2.32. The molecule has 2 aliphatic rings. The first-order chi connectivity index (χ1) is 10.7. The molecule has 3 N–H and O–H groups in total. The van der Waals surface area contributed by atoms with Crippen LogP contribution in [0.1, 0.15) is 43.6 Å². The third-order valence-electron chi connectivity index (χ3n) is 4.51. The Balaban J connectivity index is 1.70. The zero-order valence-corrected chi connectivity index (χ0v) is 12.9. The number of carbonyl (C=O) groups excluding carboxylic acids is 1. The Morgan fingerprint density at radius 1 is 1.23 bits per heavy atom. The van der Waals surface area contributed by atoms with Crippen molar-refractivity contribution in [3.05, 3.63) is 29.8 Å². The van der Waals surface area contributed by atoms with Gasteiger partial charge in [0.2, 0.25) is 5.91 Å². The van der Waals surface area contributed by atoms with Crippen molar-refractivity contribution in [2.75, 3.05) is 25.0 Å². The maximum atomic E-state index is 11.8. The minimum atomic E-state index is 0.0623. The summed E-state index contributed by atoms with van der Waals surface area (Å²) in [5.41, 5.74) is 8.24. The van der Waals surface area contributed by atoms with Gasteiger partial charge in [0.15, 0.2) is 5.96 Å². The molecule has 2 heterocycles. The summed E-state index contributed by atoms with van der Waals surface area (Å²) in [5.74, 6) is 0.813. The van der Waals surface area contributed by atoms with Crippen molar-refractivity contribution >= 4 is 17.6 Å². The highest BCUT2D eigenvalue weighted by Gasteiger charge is 2.24. The summed E-state index contributed by atoms with van der Waals surface area (Å²) in [6.45, 7) is 2.57. The smallest absolute Gasteiger partial charge is 0.225 e. The van der Waals surface area contributed by atoms with Crippen LogP contribution in [0.15, 0.2) is 29.3 Å². The summed E-state index contributed by atoms with van der Waals surface area (Å²) in [5, 5.41) is 2.92. The predicted octanol–water partition coefficient (Wildman–Crippen LogP) is 2.30. The van der Waals surface area contributed by atoms with Gasteiger partial charge < -0.3 is 16.0 Å². The number of likely N-dealkylation sites (tertiary alicyclic amines) is 1. The maximum absolute atomic E-state index is 11.8. The highest BCUT2D eigenvalue weighted by atomic mass is 16.1. The number of benzene rings is 1. The Hall–Kier alpha value is -2.04. The summed E-state index contributed by atoms with van der Waals surface area (Å²) >= 11 is 0. The molecule has 1 fully saturated rings. The Labute approximate surface area is 131 Å². The minimum Gasteiger partial charge on any atom is -0.370 e. The van der Waals surface area contributed by atoms with Gasteiger partial charge in [-0.15, -0.1) is 0 Å². The van der Waals surface area contributed by atoms with E-state index in [1.54, 1.807) is 0 Å². The maximum Gasteiger partial charge on any atom is 0.225 e. The van der Waals surface area contributed by atoms with E-state index in [1.807, 2.05) is 18.2 Å². The number of hydrogen-bond donors (Lipinski definition) is 2. The number of hydrogen-bond acceptors (Lipinski definition) is 2. The predicted molar refractivity (Wildman–Crippen MR) is 89.0 cm³/mol. The molecule has 0 radical (unpaired) electrons. The SMILES string of the molecule is NC(=NCC1CC(=O)Nc2ccccc21)N1CCCCCC1. The first-order valence-corrected chi connectivity index (χ1v) is 8.17. The van der Waals surface area contributed by atoms with Crippen LogP contribution < -0.4 is 11.1 Å². The second-order valence-corrected chi connectivity index (χ2v) is 6.14. The molecule has 0 bridgehead atoms. The van der Waals surface area contributed by atoms with Crippen LogP contribution in [0.25, 0.3) is 0 Å². The second-order valence-electron chi connectivity index (χ2n) is 6.14. The number of para-hydroxylation sites is 1. The Morgan fingerprint density at radius 2 is 1.95 bits per heavy atom. The van der Waals surface area contributed by atoms with Gasteiger partial charge in [0.25, 0.3) is 0 Å². The van der Waals surface area contributed by atoms with Crippen LogP contribution in [-0.2, 0) is 4.79 Å². The molecule has 1 aromatic carbocycles. The Morgan fingerprint density at radius 3 is 2.73 bits per heavy atom. The van der Waals surface area contributed by atoms with Gasteiger partial charge in [-0.1, -0.05) is 31.0 Å². The number of anilines is 1. The van der Waals surface area contributed by atoms with Crippen LogP contribution in [0, 0.1) is 0 Å². The van der Waals surface area contributed by atoms with Crippen molar-refractivity contribution in [1.82, 2.24) is 4.90 Å². The van der Waals surface area contributed by atoms with E-state index in [1.165, 1.54) is 25.7 Å². The number of guanidine groups is 1. The van der Waals surface area contributed by atoms with Gasteiger partial charge in [0, 0.05) is 31.1 Å². The lowest BCUT2D eigenvalue weighted by atomic mass is 9.91. The van der Waals surface area contributed by atoms with Crippen molar-refractivity contribution < 1.29 is 4.79 Å². The van der Waals surface area contributed by atoms with E-state index >= 15 is 0 Å². The zero-order chi connectivity index (χ0) is 15.4. The van der Waals surface area contributed by atoms with Gasteiger partial charge in [0.1, 0.15) is 0 Å². The fourth-order valence-electron chi connectivity index (χ4n) is 3.27. The number of rotatable bonds is 2. The highest BCUT2D eigenvalue weighted by molar-refractivity contribution is 5.94. The lowest BCUT2D eigenvalue weighted by Gasteiger charge is -2.25. The Kier molecular flexibility index (Phi) is 4.61. The summed E-state index contributed by atoms with van der Waals surface area (Å²) in [6.07, 6.45) is 5.41. The number of fused-ring (bicyclic) bond motifs is 1. The van der Waals surface area contributed by atoms with Crippen LogP contribution in [0.5, 0.6) is 0 Å². The van der Waals surface area contributed by atoms with Crippen LogP contribution in [0.4, 0.5) is 5.69 Å². The van der Waals surface area contributed by atoms with Crippen molar-refractivity contribution in [3.63, 3.8) is 0 Å². The molecule has 0 aliphatic carbocycles. The summed E-state index contributed by atoms with van der Waals surface area (Å²) in [7, 11) is 0. The lowest BCUT2D eigenvalue weighted by molar-refractivity contribution is -0.116. The van der Waals surface area contributed by atoms with Crippen LogP contribution >= 0.6 is 0 Å². The van der Waals surface area contributed by atoms with Gasteiger partial charge in [-0.3, -0.25) is 9.79 Å². The molecule has 0 saturated carbocycles. The van der Waals surface area contributed by atoms with E-state index in [0.29, 0.717) is 18.9 Å². The molecular formula is C17H24N4O. The molecule has 22 heavy (non-hydrogen) atoms. The molecule has 5 heteroatoms. The lowest BCUT2D eigenvalue weighted by Crippen LogP contribution is -2.38. The number of nitrogens with zero attached hydrogens (tertiary/aromatic N) is 2. The molecule has 0 aromatic heterocycles. The molecule has 1 unspecified atom stereocenters. The van der Waals surface area contributed by atoms with Crippen LogP contribution in [0.3, 0.4) is 0 Å². The van der Waals surface area contributed by atoms with E-state index in [-0.39, 0.29) is 11.8 Å². The van der Waals surface area contributed by atoms with Crippen molar-refractivity contribution in [1.29, 1.82) is 0 Å². The van der Waals surface area contributed by atoms with Crippen molar-refractivity contribution in [2.24, 2.45) is 10.7 Å². The third-order valence-corrected chi connectivity index (χ3v) is 4.51. The van der Waals surface area contributed by atoms with E-state index in [2.05, 4.69) is 21.3 Å². The molecule has 5 nitrogen and oxygen atoms in total. The first kappa shape index (κ1) is 14.9. The molecule has 3 rings (SSSR count). The topological polar surface area (TPSA) is 70.7 Å². The number of nitrogens with one attached hydrogen (secondary N) is 1. The summed E-state index contributed by atoms with van der Waals surface area (Å²) < 4.78 is 0. The van der Waals surface area contributed by atoms with Gasteiger partial charge in [-0.2, -0.15) is 0 Å². The molecule has 1 saturated heterocycles. The largest absolute Gasteiger partial charge is 0.370 e. The fraction of sp³-hybridized carbons (Fsp3) is 0.529. The van der Waals surface area contributed by atoms with Gasteiger partial charge in [0.05, 0.1) is 6.54 Å². The molecule has 1 amide bonds. The summed E-state index contributed by atoms with van der Waals surface area (Å²) in [6, 6.07) is 7.96. The fourth-order valence-corrected chi connectivity index (χ4v) is 3.27. The number of aliphatic imine (C=N–C) groups is 1. The zero-order valence-electron chi connectivity index (χ0n) is 12.9. The van der Waals surface area contributed by atoms with Crippen LogP contribution in [0.2, 0.25) is 0 Å². The van der Waals surface area contributed by atoms with E-state index in [4.69, 9.17) is 5.73 Å². The van der Waals surface area contributed by atoms with Gasteiger partial charge in [-0.05, 0) is 24.5 Å². The number of carbonyl (C=O) groups is 1. The molecule has 1 aromatic rings. The average Bonchev–Trinajstić information content (AvgIpc) is 2.81. The van der Waals surface area contributed by atoms with Crippen molar-refractivity contribution in [2.45, 2.75) is 38.0 Å². The normalized spacial score (nSPS) is 22.7. The van der Waals surface area contributed by atoms with E-state index in [9.17, 15) is 4.79 Å². The van der Waals surface area contributed by atoms with Crippen LogP contribution in [-0.4, -0.2) is 36.4 Å². The second kappa shape index (κ2) is 6.81. The minimum absolute atomic E-state index is 0.0623. The monoisotopic (exact) mass is 300 g/mol. The number of amides is 1. The summed E-state index contributed by atoms with van der Waals surface area (Å²) in [4.78, 5) is 18.6. The van der Waals surface area contributed by atoms with E-state index in [0.717, 1.165) is 24.3 Å². The average molecular weight is 300 g/mol. The molecular weight excluding hydrogens is 276 g/mol. The molecule has 1 atom stereocenters. The third kappa shape index (κ3) is 3.40. The van der Waals surface area contributed by atoms with Gasteiger partial charge >= 0.3 is 0 Å².